The number of rotatable bonds is 5. The summed E-state index contributed by atoms with van der Waals surface area (Å²) >= 11 is 0. The van der Waals surface area contributed by atoms with Gasteiger partial charge in [-0.05, 0) is 67.4 Å². The fourth-order valence-electron chi connectivity index (χ4n) is 3.45. The van der Waals surface area contributed by atoms with Crippen molar-refractivity contribution >= 4 is 29.6 Å². The molecule has 1 saturated heterocycles. The normalized spacial score (nSPS) is 14.8. The summed E-state index contributed by atoms with van der Waals surface area (Å²) in [6.45, 7) is 3.55. The van der Waals surface area contributed by atoms with Gasteiger partial charge in [0.05, 0.1) is 0 Å². The summed E-state index contributed by atoms with van der Waals surface area (Å²) in [5.74, 6) is -0.986. The van der Waals surface area contributed by atoms with Crippen molar-refractivity contribution < 1.29 is 14.4 Å². The zero-order chi connectivity index (χ0) is 22.0. The third-order valence-electron chi connectivity index (χ3n) is 4.92. The van der Waals surface area contributed by atoms with Crippen LogP contribution in [0, 0.1) is 13.8 Å². The summed E-state index contributed by atoms with van der Waals surface area (Å²) in [5, 5.41) is 5.28. The SMILES string of the molecule is Cc1cccc(NC(=O)CN2C(=O)N/C(=C/c3cccn3-c3cccc(C)c3)C2=O)c1. The van der Waals surface area contributed by atoms with Crippen LogP contribution in [0.5, 0.6) is 0 Å². The third kappa shape index (κ3) is 4.40. The fourth-order valence-corrected chi connectivity index (χ4v) is 3.45. The number of nitrogens with zero attached hydrogens (tertiary/aromatic N) is 2. The molecule has 0 bridgehead atoms. The van der Waals surface area contributed by atoms with Gasteiger partial charge in [0.25, 0.3) is 5.91 Å². The Morgan fingerprint density at radius 2 is 1.74 bits per heavy atom. The molecule has 1 aliphatic rings. The Bertz CT molecular complexity index is 1210. The summed E-state index contributed by atoms with van der Waals surface area (Å²) in [6, 6.07) is 18.3. The number of benzene rings is 2. The molecule has 3 aromatic rings. The van der Waals surface area contributed by atoms with E-state index in [1.54, 1.807) is 12.1 Å². The Morgan fingerprint density at radius 1 is 1.00 bits per heavy atom. The van der Waals surface area contributed by atoms with Gasteiger partial charge in [-0.3, -0.25) is 9.59 Å². The molecular weight excluding hydrogens is 392 g/mol. The number of anilines is 1. The molecular formula is C24H22N4O3. The molecule has 7 nitrogen and oxygen atoms in total. The standard InChI is InChI=1S/C24H22N4O3/c1-16-6-3-8-18(12-16)25-22(29)15-28-23(30)21(26-24(28)31)14-20-10-5-11-27(20)19-9-4-7-17(2)13-19/h3-14H,15H2,1-2H3,(H,25,29)(H,26,31)/b21-14+. The summed E-state index contributed by atoms with van der Waals surface area (Å²) in [7, 11) is 0. The van der Waals surface area contributed by atoms with Crippen molar-refractivity contribution in [3.05, 3.63) is 89.4 Å². The molecule has 31 heavy (non-hydrogen) atoms. The summed E-state index contributed by atoms with van der Waals surface area (Å²) in [6.07, 6.45) is 3.50. The Morgan fingerprint density at radius 3 is 2.48 bits per heavy atom. The molecule has 0 aliphatic carbocycles. The maximum atomic E-state index is 12.8. The first kappa shape index (κ1) is 20.2. The van der Waals surface area contributed by atoms with Gasteiger partial charge < -0.3 is 15.2 Å². The van der Waals surface area contributed by atoms with Crippen molar-refractivity contribution in [1.82, 2.24) is 14.8 Å². The first-order valence-electron chi connectivity index (χ1n) is 9.86. The van der Waals surface area contributed by atoms with Crippen molar-refractivity contribution in [3.8, 4) is 5.69 Å². The lowest BCUT2D eigenvalue weighted by atomic mass is 10.2. The fraction of sp³-hybridized carbons (Fsp3) is 0.125. The van der Waals surface area contributed by atoms with Crippen molar-refractivity contribution in [3.63, 3.8) is 0 Å². The number of urea groups is 1. The van der Waals surface area contributed by atoms with E-state index in [0.29, 0.717) is 5.69 Å². The van der Waals surface area contributed by atoms with Crippen LogP contribution in [0.25, 0.3) is 11.8 Å². The van der Waals surface area contributed by atoms with E-state index in [1.807, 2.05) is 79.2 Å². The first-order valence-corrected chi connectivity index (χ1v) is 9.86. The van der Waals surface area contributed by atoms with Crippen molar-refractivity contribution in [2.24, 2.45) is 0 Å². The number of hydrogen-bond acceptors (Lipinski definition) is 3. The van der Waals surface area contributed by atoms with Gasteiger partial charge in [-0.2, -0.15) is 0 Å². The van der Waals surface area contributed by atoms with Gasteiger partial charge in [0.15, 0.2) is 0 Å². The monoisotopic (exact) mass is 414 g/mol. The Balaban J connectivity index is 1.51. The average molecular weight is 414 g/mol. The number of aryl methyl sites for hydroxylation is 2. The van der Waals surface area contributed by atoms with Gasteiger partial charge in [-0.15, -0.1) is 0 Å². The zero-order valence-electron chi connectivity index (χ0n) is 17.3. The van der Waals surface area contributed by atoms with Crippen LogP contribution in [0.15, 0.2) is 72.6 Å². The number of nitrogens with one attached hydrogen (secondary N) is 2. The van der Waals surface area contributed by atoms with Crippen LogP contribution in [-0.2, 0) is 9.59 Å². The Kier molecular flexibility index (Phi) is 5.41. The van der Waals surface area contributed by atoms with E-state index >= 15 is 0 Å². The molecule has 1 aromatic heterocycles. The van der Waals surface area contributed by atoms with E-state index < -0.39 is 17.8 Å². The highest BCUT2D eigenvalue weighted by molar-refractivity contribution is 6.15. The molecule has 1 aliphatic heterocycles. The van der Waals surface area contributed by atoms with E-state index in [1.165, 1.54) is 0 Å². The van der Waals surface area contributed by atoms with Crippen molar-refractivity contribution in [2.45, 2.75) is 13.8 Å². The number of imide groups is 1. The van der Waals surface area contributed by atoms with E-state index in [4.69, 9.17) is 0 Å². The van der Waals surface area contributed by atoms with Crippen LogP contribution in [0.3, 0.4) is 0 Å². The number of carbonyl (C=O) groups excluding carboxylic acids is 3. The maximum absolute atomic E-state index is 12.8. The highest BCUT2D eigenvalue weighted by atomic mass is 16.2. The quantitative estimate of drug-likeness (QED) is 0.494. The third-order valence-corrected chi connectivity index (χ3v) is 4.92. The van der Waals surface area contributed by atoms with Gasteiger partial charge in [-0.1, -0.05) is 24.3 Å². The molecule has 2 heterocycles. The topological polar surface area (TPSA) is 83.4 Å². The van der Waals surface area contributed by atoms with Crippen LogP contribution in [-0.4, -0.2) is 33.9 Å². The minimum atomic E-state index is -0.621. The van der Waals surface area contributed by atoms with E-state index in [0.717, 1.165) is 27.4 Å². The molecule has 0 unspecified atom stereocenters. The van der Waals surface area contributed by atoms with Gasteiger partial charge >= 0.3 is 6.03 Å². The summed E-state index contributed by atoms with van der Waals surface area (Å²) < 4.78 is 1.92. The van der Waals surface area contributed by atoms with Crippen molar-refractivity contribution in [1.29, 1.82) is 0 Å². The highest BCUT2D eigenvalue weighted by Crippen LogP contribution is 2.19. The Labute approximate surface area is 180 Å². The van der Waals surface area contributed by atoms with Gasteiger partial charge in [0.2, 0.25) is 5.91 Å². The minimum Gasteiger partial charge on any atom is -0.325 e. The van der Waals surface area contributed by atoms with E-state index in [9.17, 15) is 14.4 Å². The number of amides is 4. The van der Waals surface area contributed by atoms with Crippen LogP contribution in [0.1, 0.15) is 16.8 Å². The molecule has 4 rings (SSSR count). The molecule has 0 radical (unpaired) electrons. The molecule has 0 spiro atoms. The average Bonchev–Trinajstić information content (AvgIpc) is 3.28. The molecule has 2 aromatic carbocycles. The molecule has 0 saturated carbocycles. The van der Waals surface area contributed by atoms with Crippen LogP contribution in [0.2, 0.25) is 0 Å². The van der Waals surface area contributed by atoms with Gasteiger partial charge in [-0.25, -0.2) is 9.69 Å². The number of aromatic nitrogens is 1. The molecule has 0 atom stereocenters. The smallest absolute Gasteiger partial charge is 0.325 e. The molecule has 4 amide bonds. The zero-order valence-corrected chi connectivity index (χ0v) is 17.3. The summed E-state index contributed by atoms with van der Waals surface area (Å²) in [4.78, 5) is 38.4. The first-order chi connectivity index (χ1) is 14.9. The predicted octanol–water partition coefficient (Wildman–Crippen LogP) is 3.63. The second kappa shape index (κ2) is 8.31. The lowest BCUT2D eigenvalue weighted by Gasteiger charge is -2.12. The lowest BCUT2D eigenvalue weighted by molar-refractivity contribution is -0.127. The van der Waals surface area contributed by atoms with Crippen LogP contribution >= 0.6 is 0 Å². The second-order valence-corrected chi connectivity index (χ2v) is 7.44. The number of carbonyl (C=O) groups is 3. The molecule has 2 N–H and O–H groups in total. The summed E-state index contributed by atoms with van der Waals surface area (Å²) in [5.41, 5.74) is 4.53. The van der Waals surface area contributed by atoms with Crippen LogP contribution < -0.4 is 10.6 Å². The highest BCUT2D eigenvalue weighted by Gasteiger charge is 2.35. The van der Waals surface area contributed by atoms with Gasteiger partial charge in [0.1, 0.15) is 12.2 Å². The molecule has 156 valence electrons. The number of hydrogen-bond donors (Lipinski definition) is 2. The molecule has 1 fully saturated rings. The second-order valence-electron chi connectivity index (χ2n) is 7.44. The predicted molar refractivity (Wildman–Crippen MR) is 119 cm³/mol. The largest absolute Gasteiger partial charge is 0.329 e. The van der Waals surface area contributed by atoms with E-state index in [2.05, 4.69) is 10.6 Å². The van der Waals surface area contributed by atoms with Crippen molar-refractivity contribution in [2.75, 3.05) is 11.9 Å². The van der Waals surface area contributed by atoms with Crippen LogP contribution in [0.4, 0.5) is 10.5 Å². The van der Waals surface area contributed by atoms with Gasteiger partial charge in [0, 0.05) is 23.3 Å². The minimum absolute atomic E-state index is 0.126. The lowest BCUT2D eigenvalue weighted by Crippen LogP contribution is -2.38. The maximum Gasteiger partial charge on any atom is 0.329 e. The van der Waals surface area contributed by atoms with E-state index in [-0.39, 0.29) is 12.2 Å². The molecule has 7 heteroatoms. The Hall–Kier alpha value is -4.13.